The lowest BCUT2D eigenvalue weighted by Gasteiger charge is -2.31. The second-order valence-electron chi connectivity index (χ2n) is 5.03. The Hall–Kier alpha value is -1.24. The van der Waals surface area contributed by atoms with Crippen molar-refractivity contribution in [2.24, 2.45) is 5.92 Å². The van der Waals surface area contributed by atoms with E-state index in [9.17, 15) is 14.4 Å². The summed E-state index contributed by atoms with van der Waals surface area (Å²) in [5.74, 6) is 0.618. The number of piperidine rings is 1. The van der Waals surface area contributed by atoms with Gasteiger partial charge in [0, 0.05) is 38.4 Å². The maximum absolute atomic E-state index is 12.1. The first-order valence-electron chi connectivity index (χ1n) is 6.89. The molecule has 2 amide bonds. The molecule has 0 N–H and O–H groups in total. The summed E-state index contributed by atoms with van der Waals surface area (Å²) in [5.41, 5.74) is 0. The van der Waals surface area contributed by atoms with Gasteiger partial charge in [0.15, 0.2) is 0 Å². The van der Waals surface area contributed by atoms with Crippen LogP contribution in [0.25, 0.3) is 0 Å². The zero-order chi connectivity index (χ0) is 14.5. The summed E-state index contributed by atoms with van der Waals surface area (Å²) in [4.78, 5) is 38.4. The maximum Gasteiger partial charge on any atom is 0.308 e. The van der Waals surface area contributed by atoms with Crippen molar-refractivity contribution in [2.45, 2.75) is 19.3 Å². The summed E-state index contributed by atoms with van der Waals surface area (Å²) in [5, 5.41) is 0.0715. The fourth-order valence-corrected chi connectivity index (χ4v) is 3.40. The van der Waals surface area contributed by atoms with Gasteiger partial charge in [-0.05, 0) is 12.8 Å². The highest BCUT2D eigenvalue weighted by Crippen LogP contribution is 2.20. The van der Waals surface area contributed by atoms with Crippen LogP contribution in [0.4, 0.5) is 4.79 Å². The molecule has 2 aliphatic heterocycles. The minimum atomic E-state index is -0.184. The average Bonchev–Trinajstić information content (AvgIpc) is 2.89. The van der Waals surface area contributed by atoms with E-state index in [2.05, 4.69) is 0 Å². The predicted octanol–water partition coefficient (Wildman–Crippen LogP) is 0.957. The fourth-order valence-electron chi connectivity index (χ4n) is 2.55. The Labute approximate surface area is 122 Å². The van der Waals surface area contributed by atoms with Gasteiger partial charge in [0.25, 0.3) is 5.24 Å². The molecular formula is C13H20N2O4S. The van der Waals surface area contributed by atoms with Crippen LogP contribution in [0.3, 0.4) is 0 Å². The SMILES string of the molecule is COC(=O)C1CCN(C(=O)CCN2CCSC2=O)CC1. The van der Waals surface area contributed by atoms with Gasteiger partial charge in [0.1, 0.15) is 0 Å². The van der Waals surface area contributed by atoms with Crippen molar-refractivity contribution in [1.82, 2.24) is 9.80 Å². The van der Waals surface area contributed by atoms with Crippen LogP contribution in [-0.4, -0.2) is 66.0 Å². The molecule has 2 aliphatic rings. The number of rotatable bonds is 4. The van der Waals surface area contributed by atoms with Gasteiger partial charge in [-0.3, -0.25) is 14.4 Å². The Bertz CT molecular complexity index is 394. The van der Waals surface area contributed by atoms with E-state index >= 15 is 0 Å². The Morgan fingerprint density at radius 2 is 2.00 bits per heavy atom. The summed E-state index contributed by atoms with van der Waals surface area (Å²) in [6, 6.07) is 0. The first-order valence-corrected chi connectivity index (χ1v) is 7.87. The molecule has 2 fully saturated rings. The molecule has 7 heteroatoms. The molecule has 6 nitrogen and oxygen atoms in total. The third-order valence-corrected chi connectivity index (χ3v) is 4.71. The van der Waals surface area contributed by atoms with Crippen molar-refractivity contribution in [3.8, 4) is 0 Å². The normalized spacial score (nSPS) is 20.4. The molecule has 0 aromatic carbocycles. The smallest absolute Gasteiger partial charge is 0.308 e. The largest absolute Gasteiger partial charge is 0.469 e. The number of nitrogens with zero attached hydrogens (tertiary/aromatic N) is 2. The number of thioether (sulfide) groups is 1. The van der Waals surface area contributed by atoms with Crippen LogP contribution >= 0.6 is 11.8 Å². The van der Waals surface area contributed by atoms with Gasteiger partial charge in [-0.25, -0.2) is 0 Å². The summed E-state index contributed by atoms with van der Waals surface area (Å²) >= 11 is 1.31. The van der Waals surface area contributed by atoms with Gasteiger partial charge in [0.05, 0.1) is 13.0 Å². The van der Waals surface area contributed by atoms with E-state index in [0.29, 0.717) is 38.9 Å². The average molecular weight is 300 g/mol. The Balaban J connectivity index is 1.72. The van der Waals surface area contributed by atoms with Crippen LogP contribution in [0.2, 0.25) is 0 Å². The van der Waals surface area contributed by atoms with Crippen molar-refractivity contribution in [3.05, 3.63) is 0 Å². The zero-order valence-corrected chi connectivity index (χ0v) is 12.5. The Kier molecular flexibility index (Phi) is 5.28. The van der Waals surface area contributed by atoms with Crippen LogP contribution in [-0.2, 0) is 14.3 Å². The first kappa shape index (κ1) is 15.2. The minimum Gasteiger partial charge on any atom is -0.469 e. The third kappa shape index (κ3) is 3.65. The molecule has 0 unspecified atom stereocenters. The first-order chi connectivity index (χ1) is 9.61. The summed E-state index contributed by atoms with van der Waals surface area (Å²) < 4.78 is 4.72. The van der Waals surface area contributed by atoms with Crippen LogP contribution < -0.4 is 0 Å². The molecule has 112 valence electrons. The van der Waals surface area contributed by atoms with Crippen LogP contribution in [0.5, 0.6) is 0 Å². The standard InChI is InChI=1S/C13H20N2O4S/c1-19-12(17)10-2-5-14(6-3-10)11(16)4-7-15-8-9-20-13(15)18/h10H,2-9H2,1H3. The van der Waals surface area contributed by atoms with Crippen molar-refractivity contribution in [2.75, 3.05) is 39.0 Å². The minimum absolute atomic E-state index is 0.0676. The molecule has 0 aromatic rings. The summed E-state index contributed by atoms with van der Waals surface area (Å²) in [7, 11) is 1.39. The van der Waals surface area contributed by atoms with E-state index in [-0.39, 0.29) is 23.0 Å². The third-order valence-electron chi connectivity index (χ3n) is 3.82. The molecule has 0 radical (unpaired) electrons. The van der Waals surface area contributed by atoms with Gasteiger partial charge in [0.2, 0.25) is 5.91 Å². The van der Waals surface area contributed by atoms with E-state index in [1.54, 1.807) is 9.80 Å². The van der Waals surface area contributed by atoms with E-state index in [4.69, 9.17) is 4.74 Å². The molecular weight excluding hydrogens is 280 g/mol. The van der Waals surface area contributed by atoms with Gasteiger partial charge in [-0.2, -0.15) is 0 Å². The van der Waals surface area contributed by atoms with Gasteiger partial charge >= 0.3 is 5.97 Å². The van der Waals surface area contributed by atoms with Crippen molar-refractivity contribution >= 4 is 28.9 Å². The van der Waals surface area contributed by atoms with Crippen molar-refractivity contribution in [3.63, 3.8) is 0 Å². The highest BCUT2D eigenvalue weighted by atomic mass is 32.2. The number of methoxy groups -OCH3 is 1. The molecule has 20 heavy (non-hydrogen) atoms. The topological polar surface area (TPSA) is 66.9 Å². The maximum atomic E-state index is 12.1. The van der Waals surface area contributed by atoms with E-state index < -0.39 is 0 Å². The molecule has 2 rings (SSSR count). The molecule has 0 spiro atoms. The quantitative estimate of drug-likeness (QED) is 0.723. The second kappa shape index (κ2) is 6.97. The molecule has 2 heterocycles. The molecule has 0 bridgehead atoms. The molecule has 0 aromatic heterocycles. The predicted molar refractivity (Wildman–Crippen MR) is 75.4 cm³/mol. The monoisotopic (exact) mass is 300 g/mol. The molecule has 0 atom stereocenters. The number of ether oxygens (including phenoxy) is 1. The lowest BCUT2D eigenvalue weighted by atomic mass is 9.97. The molecule has 0 saturated carbocycles. The van der Waals surface area contributed by atoms with Crippen molar-refractivity contribution in [1.29, 1.82) is 0 Å². The Morgan fingerprint density at radius 3 is 2.55 bits per heavy atom. The van der Waals surface area contributed by atoms with Crippen molar-refractivity contribution < 1.29 is 19.1 Å². The number of amides is 2. The number of carbonyl (C=O) groups excluding carboxylic acids is 3. The number of esters is 1. The number of hydrogen-bond acceptors (Lipinski definition) is 5. The van der Waals surface area contributed by atoms with Gasteiger partial charge in [-0.1, -0.05) is 11.8 Å². The number of likely N-dealkylation sites (tertiary alicyclic amines) is 1. The highest BCUT2D eigenvalue weighted by Gasteiger charge is 2.28. The van der Waals surface area contributed by atoms with Gasteiger partial charge in [-0.15, -0.1) is 0 Å². The summed E-state index contributed by atoms with van der Waals surface area (Å²) in [6.07, 6.45) is 1.70. The van der Waals surface area contributed by atoms with Gasteiger partial charge < -0.3 is 14.5 Å². The number of carbonyl (C=O) groups is 3. The van der Waals surface area contributed by atoms with E-state index in [0.717, 1.165) is 12.3 Å². The van der Waals surface area contributed by atoms with E-state index in [1.807, 2.05) is 0 Å². The number of hydrogen-bond donors (Lipinski definition) is 0. The molecule has 0 aliphatic carbocycles. The zero-order valence-electron chi connectivity index (χ0n) is 11.7. The summed E-state index contributed by atoms with van der Waals surface area (Å²) in [6.45, 7) is 2.44. The lowest BCUT2D eigenvalue weighted by Crippen LogP contribution is -2.41. The van der Waals surface area contributed by atoms with Crippen LogP contribution in [0, 0.1) is 5.92 Å². The molecule has 2 saturated heterocycles. The highest BCUT2D eigenvalue weighted by molar-refractivity contribution is 8.13. The second-order valence-corrected chi connectivity index (χ2v) is 6.08. The fraction of sp³-hybridized carbons (Fsp3) is 0.769. The van der Waals surface area contributed by atoms with Crippen LogP contribution in [0.15, 0.2) is 0 Å². The lowest BCUT2D eigenvalue weighted by molar-refractivity contribution is -0.148. The Morgan fingerprint density at radius 1 is 1.30 bits per heavy atom. The van der Waals surface area contributed by atoms with Crippen LogP contribution in [0.1, 0.15) is 19.3 Å². The van der Waals surface area contributed by atoms with E-state index in [1.165, 1.54) is 18.9 Å².